The summed E-state index contributed by atoms with van der Waals surface area (Å²) in [5, 5.41) is 6.44. The molecule has 138 valence electrons. The van der Waals surface area contributed by atoms with Crippen LogP contribution >= 0.6 is 23.4 Å². The number of aryl methyl sites for hydroxylation is 1. The molecule has 0 heterocycles. The smallest absolute Gasteiger partial charge is 0.234 e. The van der Waals surface area contributed by atoms with E-state index in [-0.39, 0.29) is 17.6 Å². The average Bonchev–Trinajstić information content (AvgIpc) is 2.58. The predicted molar refractivity (Wildman–Crippen MR) is 104 cm³/mol. The molecule has 1 saturated carbocycles. The van der Waals surface area contributed by atoms with Crippen molar-refractivity contribution in [2.75, 3.05) is 23.9 Å². The van der Waals surface area contributed by atoms with E-state index in [1.165, 1.54) is 38.1 Å². The lowest BCUT2D eigenvalue weighted by molar-refractivity contribution is -0.119. The molecule has 0 bridgehead atoms. The van der Waals surface area contributed by atoms with Gasteiger partial charge in [-0.2, -0.15) is 0 Å². The molecule has 5 nitrogen and oxygen atoms in total. The molecule has 0 spiro atoms. The Morgan fingerprint density at radius 3 is 2.56 bits per heavy atom. The molecule has 0 radical (unpaired) electrons. The zero-order valence-electron chi connectivity index (χ0n) is 14.7. The fourth-order valence-electron chi connectivity index (χ4n) is 2.87. The zero-order valence-corrected chi connectivity index (χ0v) is 16.3. The van der Waals surface area contributed by atoms with Gasteiger partial charge in [-0.25, -0.2) is 0 Å². The standard InChI is InChI=1S/C18H25ClN2O3S/c1-12-8-15(16(24-2)9-14(12)19)21-18(23)11-25-10-17(22)20-13-6-4-3-5-7-13/h8-9,13H,3-7,10-11H2,1-2H3,(H,20,22)(H,21,23). The number of carbonyl (C=O) groups excluding carboxylic acids is 2. The number of thioether (sulfide) groups is 1. The van der Waals surface area contributed by atoms with Crippen molar-refractivity contribution in [1.29, 1.82) is 0 Å². The van der Waals surface area contributed by atoms with Crippen molar-refractivity contribution in [3.05, 3.63) is 22.7 Å². The van der Waals surface area contributed by atoms with Gasteiger partial charge in [-0.15, -0.1) is 11.8 Å². The van der Waals surface area contributed by atoms with E-state index in [4.69, 9.17) is 16.3 Å². The summed E-state index contributed by atoms with van der Waals surface area (Å²) < 4.78 is 5.24. The van der Waals surface area contributed by atoms with Gasteiger partial charge in [0, 0.05) is 17.1 Å². The van der Waals surface area contributed by atoms with E-state index in [1.807, 2.05) is 6.92 Å². The van der Waals surface area contributed by atoms with Crippen LogP contribution in [0.25, 0.3) is 0 Å². The number of nitrogens with one attached hydrogen (secondary N) is 2. The molecule has 1 aliphatic carbocycles. The van der Waals surface area contributed by atoms with Crippen molar-refractivity contribution in [1.82, 2.24) is 5.32 Å². The van der Waals surface area contributed by atoms with Crippen molar-refractivity contribution in [3.8, 4) is 5.75 Å². The number of halogens is 1. The zero-order chi connectivity index (χ0) is 18.2. The first-order valence-corrected chi connectivity index (χ1v) is 10.0. The molecule has 0 atom stereocenters. The molecule has 7 heteroatoms. The molecular formula is C18H25ClN2O3S. The molecule has 2 rings (SSSR count). The molecule has 2 amide bonds. The molecule has 1 aromatic carbocycles. The van der Waals surface area contributed by atoms with E-state index in [0.717, 1.165) is 18.4 Å². The quantitative estimate of drug-likeness (QED) is 0.750. The number of ether oxygens (including phenoxy) is 1. The monoisotopic (exact) mass is 384 g/mol. The number of anilines is 1. The third-order valence-corrected chi connectivity index (χ3v) is 5.53. The molecule has 2 N–H and O–H groups in total. The minimum atomic E-state index is -0.171. The predicted octanol–water partition coefficient (Wildman–Crippen LogP) is 3.78. The van der Waals surface area contributed by atoms with Gasteiger partial charge in [0.05, 0.1) is 24.3 Å². The van der Waals surface area contributed by atoms with E-state index in [0.29, 0.717) is 28.3 Å². The van der Waals surface area contributed by atoms with Crippen LogP contribution in [-0.2, 0) is 9.59 Å². The third-order valence-electron chi connectivity index (χ3n) is 4.19. The maximum Gasteiger partial charge on any atom is 0.234 e. The van der Waals surface area contributed by atoms with Gasteiger partial charge >= 0.3 is 0 Å². The van der Waals surface area contributed by atoms with Crippen LogP contribution in [0.1, 0.15) is 37.7 Å². The minimum Gasteiger partial charge on any atom is -0.495 e. The lowest BCUT2D eigenvalue weighted by Crippen LogP contribution is -2.37. The summed E-state index contributed by atoms with van der Waals surface area (Å²) in [6.07, 6.45) is 5.75. The van der Waals surface area contributed by atoms with Crippen LogP contribution in [0, 0.1) is 6.92 Å². The fraction of sp³-hybridized carbons (Fsp3) is 0.556. The molecule has 1 aromatic rings. The molecule has 25 heavy (non-hydrogen) atoms. The Balaban J connectivity index is 1.75. The number of methoxy groups -OCH3 is 1. The highest BCUT2D eigenvalue weighted by molar-refractivity contribution is 8.00. The van der Waals surface area contributed by atoms with Gasteiger partial charge < -0.3 is 15.4 Å². The number of carbonyl (C=O) groups is 2. The lowest BCUT2D eigenvalue weighted by Gasteiger charge is -2.22. The molecule has 1 fully saturated rings. The second-order valence-corrected chi connectivity index (χ2v) is 7.64. The highest BCUT2D eigenvalue weighted by Gasteiger charge is 2.16. The lowest BCUT2D eigenvalue weighted by atomic mass is 9.95. The fourth-order valence-corrected chi connectivity index (χ4v) is 3.65. The maximum atomic E-state index is 12.1. The summed E-state index contributed by atoms with van der Waals surface area (Å²) in [4.78, 5) is 24.0. The van der Waals surface area contributed by atoms with Gasteiger partial charge in [0.1, 0.15) is 5.75 Å². The van der Waals surface area contributed by atoms with Gasteiger partial charge in [-0.05, 0) is 31.4 Å². The van der Waals surface area contributed by atoms with Crippen LogP contribution in [0.5, 0.6) is 5.75 Å². The van der Waals surface area contributed by atoms with Crippen LogP contribution in [-0.4, -0.2) is 36.5 Å². The summed E-state index contributed by atoms with van der Waals surface area (Å²) in [5.41, 5.74) is 1.44. The summed E-state index contributed by atoms with van der Waals surface area (Å²) in [6, 6.07) is 3.76. The van der Waals surface area contributed by atoms with E-state index in [2.05, 4.69) is 10.6 Å². The summed E-state index contributed by atoms with van der Waals surface area (Å²) in [6.45, 7) is 1.86. The van der Waals surface area contributed by atoms with Gasteiger partial charge in [0.25, 0.3) is 0 Å². The normalized spacial score (nSPS) is 14.8. The molecule has 0 aromatic heterocycles. The van der Waals surface area contributed by atoms with Gasteiger partial charge in [-0.3, -0.25) is 9.59 Å². The Morgan fingerprint density at radius 2 is 1.88 bits per heavy atom. The molecular weight excluding hydrogens is 360 g/mol. The van der Waals surface area contributed by atoms with E-state index in [1.54, 1.807) is 12.1 Å². The average molecular weight is 385 g/mol. The largest absolute Gasteiger partial charge is 0.495 e. The van der Waals surface area contributed by atoms with Crippen LogP contribution in [0.15, 0.2) is 12.1 Å². The third kappa shape index (κ3) is 6.44. The second-order valence-electron chi connectivity index (χ2n) is 6.25. The second kappa shape index (κ2) is 9.92. The Labute approximate surface area is 158 Å². The minimum absolute atomic E-state index is 0.00428. The van der Waals surface area contributed by atoms with Gasteiger partial charge in [0.2, 0.25) is 11.8 Å². The van der Waals surface area contributed by atoms with Crippen molar-refractivity contribution >= 4 is 40.9 Å². The Hall–Kier alpha value is -1.40. The molecule has 1 aliphatic rings. The summed E-state index contributed by atoms with van der Waals surface area (Å²) >= 11 is 7.37. The van der Waals surface area contributed by atoms with E-state index in [9.17, 15) is 9.59 Å². The van der Waals surface area contributed by atoms with Crippen molar-refractivity contribution < 1.29 is 14.3 Å². The molecule has 0 unspecified atom stereocenters. The highest BCUT2D eigenvalue weighted by atomic mass is 35.5. The number of rotatable bonds is 7. The summed E-state index contributed by atoms with van der Waals surface area (Å²) in [5.74, 6) is 0.855. The first kappa shape index (κ1) is 19.9. The van der Waals surface area contributed by atoms with E-state index < -0.39 is 0 Å². The summed E-state index contributed by atoms with van der Waals surface area (Å²) in [7, 11) is 1.53. The van der Waals surface area contributed by atoms with Crippen LogP contribution < -0.4 is 15.4 Å². The Bertz CT molecular complexity index is 619. The number of hydrogen-bond donors (Lipinski definition) is 2. The molecule has 0 saturated heterocycles. The van der Waals surface area contributed by atoms with Crippen molar-refractivity contribution in [2.24, 2.45) is 0 Å². The van der Waals surface area contributed by atoms with Crippen molar-refractivity contribution in [3.63, 3.8) is 0 Å². The number of hydrogen-bond acceptors (Lipinski definition) is 4. The van der Waals surface area contributed by atoms with E-state index >= 15 is 0 Å². The first-order chi connectivity index (χ1) is 12.0. The van der Waals surface area contributed by atoms with Crippen LogP contribution in [0.4, 0.5) is 5.69 Å². The van der Waals surface area contributed by atoms with Crippen molar-refractivity contribution in [2.45, 2.75) is 45.1 Å². The maximum absolute atomic E-state index is 12.1. The first-order valence-electron chi connectivity index (χ1n) is 8.50. The Kier molecular flexibility index (Phi) is 7.90. The van der Waals surface area contributed by atoms with Gasteiger partial charge in [-0.1, -0.05) is 30.9 Å². The number of benzene rings is 1. The van der Waals surface area contributed by atoms with Crippen LogP contribution in [0.2, 0.25) is 5.02 Å². The Morgan fingerprint density at radius 1 is 1.20 bits per heavy atom. The number of amides is 2. The SMILES string of the molecule is COc1cc(Cl)c(C)cc1NC(=O)CSCC(=O)NC1CCCCC1. The van der Waals surface area contributed by atoms with Crippen LogP contribution in [0.3, 0.4) is 0 Å². The highest BCUT2D eigenvalue weighted by Crippen LogP contribution is 2.31. The topological polar surface area (TPSA) is 67.4 Å². The molecule has 0 aliphatic heterocycles. The van der Waals surface area contributed by atoms with Gasteiger partial charge in [0.15, 0.2) is 0 Å².